The van der Waals surface area contributed by atoms with E-state index in [0.29, 0.717) is 5.92 Å². The molecule has 1 unspecified atom stereocenters. The number of para-hydroxylation sites is 1. The van der Waals surface area contributed by atoms with Crippen LogP contribution >= 0.6 is 0 Å². The summed E-state index contributed by atoms with van der Waals surface area (Å²) in [4.78, 5) is 0. The van der Waals surface area contributed by atoms with E-state index < -0.39 is 0 Å². The molecule has 2 aliphatic heterocycles. The van der Waals surface area contributed by atoms with Crippen LogP contribution in [0.2, 0.25) is 0 Å². The standard InChI is InChI=1S/C15H21NO/c1-11(12-5-8-16-9-6-12)14-4-2-3-13-7-10-17-15(13)14/h2-4,11-12,16H,5-10H2,1H3. The Morgan fingerprint density at radius 2 is 2.12 bits per heavy atom. The van der Waals surface area contributed by atoms with Crippen molar-refractivity contribution < 1.29 is 4.74 Å². The molecular formula is C15H21NO. The number of ether oxygens (including phenoxy) is 1. The Kier molecular flexibility index (Phi) is 3.06. The average molecular weight is 231 g/mol. The van der Waals surface area contributed by atoms with Gasteiger partial charge in [0, 0.05) is 6.42 Å². The quantitative estimate of drug-likeness (QED) is 0.845. The molecule has 2 heteroatoms. The van der Waals surface area contributed by atoms with E-state index in [1.165, 1.54) is 42.8 Å². The van der Waals surface area contributed by atoms with Gasteiger partial charge in [0.15, 0.2) is 0 Å². The normalized spacial score (nSPS) is 21.9. The van der Waals surface area contributed by atoms with Crippen molar-refractivity contribution in [1.82, 2.24) is 5.32 Å². The number of fused-ring (bicyclic) bond motifs is 1. The van der Waals surface area contributed by atoms with Gasteiger partial charge in [-0.05, 0) is 48.9 Å². The molecule has 0 amide bonds. The molecule has 0 aromatic heterocycles. The lowest BCUT2D eigenvalue weighted by Gasteiger charge is -2.29. The third-order valence-corrected chi connectivity index (χ3v) is 4.33. The molecular weight excluding hydrogens is 210 g/mol. The summed E-state index contributed by atoms with van der Waals surface area (Å²) < 4.78 is 5.83. The van der Waals surface area contributed by atoms with Crippen LogP contribution in [0.1, 0.15) is 36.8 Å². The van der Waals surface area contributed by atoms with E-state index in [9.17, 15) is 0 Å². The summed E-state index contributed by atoms with van der Waals surface area (Å²) in [7, 11) is 0. The molecule has 0 spiro atoms. The summed E-state index contributed by atoms with van der Waals surface area (Å²) >= 11 is 0. The van der Waals surface area contributed by atoms with Gasteiger partial charge in [-0.25, -0.2) is 0 Å². The average Bonchev–Trinajstić information content (AvgIpc) is 2.87. The smallest absolute Gasteiger partial charge is 0.126 e. The van der Waals surface area contributed by atoms with Gasteiger partial charge in [-0.3, -0.25) is 0 Å². The van der Waals surface area contributed by atoms with Crippen molar-refractivity contribution in [2.45, 2.75) is 32.1 Å². The number of benzene rings is 1. The zero-order chi connectivity index (χ0) is 11.7. The third kappa shape index (κ3) is 2.06. The maximum Gasteiger partial charge on any atom is 0.126 e. The van der Waals surface area contributed by atoms with Gasteiger partial charge in [0.25, 0.3) is 0 Å². The molecule has 0 saturated carbocycles. The van der Waals surface area contributed by atoms with Gasteiger partial charge in [0.2, 0.25) is 0 Å². The lowest BCUT2D eigenvalue weighted by Crippen LogP contribution is -2.30. The molecule has 1 aromatic carbocycles. The summed E-state index contributed by atoms with van der Waals surface area (Å²) in [5.74, 6) is 2.63. The molecule has 2 nitrogen and oxygen atoms in total. The molecule has 2 aliphatic rings. The van der Waals surface area contributed by atoms with Crippen molar-refractivity contribution in [2.75, 3.05) is 19.7 Å². The van der Waals surface area contributed by atoms with Crippen molar-refractivity contribution in [3.05, 3.63) is 29.3 Å². The van der Waals surface area contributed by atoms with Crippen molar-refractivity contribution in [2.24, 2.45) is 5.92 Å². The Balaban J connectivity index is 1.85. The Bertz CT molecular complexity index is 396. The second-order valence-electron chi connectivity index (χ2n) is 5.31. The highest BCUT2D eigenvalue weighted by molar-refractivity contribution is 5.45. The lowest BCUT2D eigenvalue weighted by atomic mass is 9.81. The molecule has 1 saturated heterocycles. The Morgan fingerprint density at radius 3 is 2.94 bits per heavy atom. The van der Waals surface area contributed by atoms with Gasteiger partial charge >= 0.3 is 0 Å². The van der Waals surface area contributed by atoms with Crippen LogP contribution < -0.4 is 10.1 Å². The number of piperidine rings is 1. The second kappa shape index (κ2) is 4.69. The summed E-state index contributed by atoms with van der Waals surface area (Å²) in [6.07, 6.45) is 3.68. The van der Waals surface area contributed by atoms with Crippen LogP contribution in [0, 0.1) is 5.92 Å². The maximum absolute atomic E-state index is 5.83. The largest absolute Gasteiger partial charge is 0.493 e. The van der Waals surface area contributed by atoms with Crippen molar-refractivity contribution in [1.29, 1.82) is 0 Å². The van der Waals surface area contributed by atoms with Crippen LogP contribution in [0.15, 0.2) is 18.2 Å². The van der Waals surface area contributed by atoms with E-state index in [4.69, 9.17) is 4.74 Å². The van der Waals surface area contributed by atoms with Crippen LogP contribution in [-0.2, 0) is 6.42 Å². The fourth-order valence-electron chi connectivity index (χ4n) is 3.20. The predicted octanol–water partition coefficient (Wildman–Crippen LogP) is 2.72. The SMILES string of the molecule is CC(c1cccc2c1OCC2)C1CCNCC1. The minimum atomic E-state index is 0.630. The van der Waals surface area contributed by atoms with Gasteiger partial charge in [0.1, 0.15) is 5.75 Å². The summed E-state index contributed by atoms with van der Waals surface area (Å²) in [6, 6.07) is 6.66. The molecule has 3 rings (SSSR count). The molecule has 92 valence electrons. The monoisotopic (exact) mass is 231 g/mol. The first kappa shape index (κ1) is 11.1. The van der Waals surface area contributed by atoms with E-state index in [2.05, 4.69) is 30.4 Å². The van der Waals surface area contributed by atoms with Crippen LogP contribution in [0.25, 0.3) is 0 Å². The highest BCUT2D eigenvalue weighted by Gasteiger charge is 2.26. The summed E-state index contributed by atoms with van der Waals surface area (Å²) in [6.45, 7) is 5.58. The number of nitrogens with one attached hydrogen (secondary N) is 1. The minimum absolute atomic E-state index is 0.630. The van der Waals surface area contributed by atoms with Gasteiger partial charge in [0.05, 0.1) is 6.61 Å². The Morgan fingerprint density at radius 1 is 1.29 bits per heavy atom. The van der Waals surface area contributed by atoms with Gasteiger partial charge in [-0.1, -0.05) is 25.1 Å². The fraction of sp³-hybridized carbons (Fsp3) is 0.600. The summed E-state index contributed by atoms with van der Waals surface area (Å²) in [5, 5.41) is 3.44. The van der Waals surface area contributed by atoms with Crippen molar-refractivity contribution in [3.63, 3.8) is 0 Å². The minimum Gasteiger partial charge on any atom is -0.493 e. The lowest BCUT2D eigenvalue weighted by molar-refractivity contribution is 0.314. The van der Waals surface area contributed by atoms with Gasteiger partial charge < -0.3 is 10.1 Å². The highest BCUT2D eigenvalue weighted by Crippen LogP contribution is 2.39. The first-order chi connectivity index (χ1) is 8.36. The first-order valence-electron chi connectivity index (χ1n) is 6.81. The molecule has 1 N–H and O–H groups in total. The van der Waals surface area contributed by atoms with Crippen molar-refractivity contribution in [3.8, 4) is 5.75 Å². The highest BCUT2D eigenvalue weighted by atomic mass is 16.5. The topological polar surface area (TPSA) is 21.3 Å². The molecule has 1 aromatic rings. The van der Waals surface area contributed by atoms with E-state index in [1.807, 2.05) is 0 Å². The Hall–Kier alpha value is -1.02. The third-order valence-electron chi connectivity index (χ3n) is 4.33. The second-order valence-corrected chi connectivity index (χ2v) is 5.31. The van der Waals surface area contributed by atoms with Gasteiger partial charge in [-0.2, -0.15) is 0 Å². The molecule has 1 fully saturated rings. The van der Waals surface area contributed by atoms with E-state index >= 15 is 0 Å². The Labute approximate surface area is 103 Å². The molecule has 2 heterocycles. The van der Waals surface area contributed by atoms with Crippen LogP contribution in [0.5, 0.6) is 5.75 Å². The first-order valence-corrected chi connectivity index (χ1v) is 6.81. The summed E-state index contributed by atoms with van der Waals surface area (Å²) in [5.41, 5.74) is 2.84. The molecule has 0 radical (unpaired) electrons. The zero-order valence-electron chi connectivity index (χ0n) is 10.5. The van der Waals surface area contributed by atoms with Crippen LogP contribution in [0.4, 0.5) is 0 Å². The van der Waals surface area contributed by atoms with Crippen LogP contribution in [0.3, 0.4) is 0 Å². The number of hydrogen-bond acceptors (Lipinski definition) is 2. The number of hydrogen-bond donors (Lipinski definition) is 1. The van der Waals surface area contributed by atoms with Gasteiger partial charge in [-0.15, -0.1) is 0 Å². The predicted molar refractivity (Wildman–Crippen MR) is 69.6 cm³/mol. The molecule has 17 heavy (non-hydrogen) atoms. The molecule has 0 aliphatic carbocycles. The van der Waals surface area contributed by atoms with E-state index in [0.717, 1.165) is 18.9 Å². The number of rotatable bonds is 2. The molecule has 1 atom stereocenters. The zero-order valence-corrected chi connectivity index (χ0v) is 10.5. The van der Waals surface area contributed by atoms with E-state index in [-0.39, 0.29) is 0 Å². The maximum atomic E-state index is 5.83. The van der Waals surface area contributed by atoms with E-state index in [1.54, 1.807) is 0 Å². The van der Waals surface area contributed by atoms with Crippen LogP contribution in [-0.4, -0.2) is 19.7 Å². The van der Waals surface area contributed by atoms with Crippen molar-refractivity contribution >= 4 is 0 Å². The fourth-order valence-corrected chi connectivity index (χ4v) is 3.20. The molecule has 0 bridgehead atoms.